The minimum atomic E-state index is -2.78. The number of carbonyl (C=O) groups is 1. The number of halogens is 2. The SMILES string of the molecule is O=C(C[C@@H]1C[C@H]2O[C@H](CNC3CCC3)[C@@H](O)[C@H]2O1)N1CCC(F)(F)C1. The highest BCUT2D eigenvalue weighted by Gasteiger charge is 2.51. The number of carbonyl (C=O) groups excluding carboxylic acids is 1. The van der Waals surface area contributed by atoms with E-state index >= 15 is 0 Å². The lowest BCUT2D eigenvalue weighted by molar-refractivity contribution is -0.135. The number of hydrogen-bond acceptors (Lipinski definition) is 5. The Hall–Kier alpha value is -0.830. The van der Waals surface area contributed by atoms with Gasteiger partial charge in [0.05, 0.1) is 31.3 Å². The molecular weight excluding hydrogens is 334 g/mol. The van der Waals surface area contributed by atoms with Gasteiger partial charge >= 0.3 is 0 Å². The average molecular weight is 360 g/mol. The number of fused-ring (bicyclic) bond motifs is 1. The number of nitrogens with one attached hydrogen (secondary N) is 1. The van der Waals surface area contributed by atoms with Crippen molar-refractivity contribution in [2.24, 2.45) is 0 Å². The molecule has 0 aromatic heterocycles. The van der Waals surface area contributed by atoms with Gasteiger partial charge in [0.15, 0.2) is 0 Å². The van der Waals surface area contributed by atoms with Crippen LogP contribution in [0.15, 0.2) is 0 Å². The third-order valence-corrected chi connectivity index (χ3v) is 5.92. The number of ether oxygens (including phenoxy) is 2. The molecule has 0 aromatic rings. The fourth-order valence-corrected chi connectivity index (χ4v) is 4.18. The maximum Gasteiger partial charge on any atom is 0.267 e. The Morgan fingerprint density at radius 1 is 1.32 bits per heavy atom. The van der Waals surface area contributed by atoms with Crippen molar-refractivity contribution in [3.8, 4) is 0 Å². The first-order chi connectivity index (χ1) is 11.9. The summed E-state index contributed by atoms with van der Waals surface area (Å²) < 4.78 is 38.2. The first-order valence-corrected chi connectivity index (χ1v) is 9.29. The molecule has 3 saturated heterocycles. The molecule has 0 radical (unpaired) electrons. The Bertz CT molecular complexity index is 517. The topological polar surface area (TPSA) is 71.0 Å². The molecule has 6 nitrogen and oxygen atoms in total. The van der Waals surface area contributed by atoms with Crippen molar-refractivity contribution in [2.75, 3.05) is 19.6 Å². The van der Waals surface area contributed by atoms with Crippen LogP contribution in [0.3, 0.4) is 0 Å². The molecule has 25 heavy (non-hydrogen) atoms. The summed E-state index contributed by atoms with van der Waals surface area (Å²) in [6.45, 7) is 0.202. The van der Waals surface area contributed by atoms with Crippen LogP contribution < -0.4 is 5.32 Å². The smallest absolute Gasteiger partial charge is 0.267 e. The summed E-state index contributed by atoms with van der Waals surface area (Å²) in [5, 5.41) is 13.8. The monoisotopic (exact) mass is 360 g/mol. The fraction of sp³-hybridized carbons (Fsp3) is 0.941. The number of nitrogens with zero attached hydrogens (tertiary/aromatic N) is 1. The van der Waals surface area contributed by atoms with Gasteiger partial charge in [0, 0.05) is 32.0 Å². The zero-order valence-electron chi connectivity index (χ0n) is 14.2. The van der Waals surface area contributed by atoms with Gasteiger partial charge in [-0.15, -0.1) is 0 Å². The van der Waals surface area contributed by atoms with Gasteiger partial charge in [-0.2, -0.15) is 0 Å². The van der Waals surface area contributed by atoms with Crippen molar-refractivity contribution in [1.82, 2.24) is 10.2 Å². The van der Waals surface area contributed by atoms with Crippen LogP contribution in [0.4, 0.5) is 8.78 Å². The second kappa shape index (κ2) is 6.72. The van der Waals surface area contributed by atoms with E-state index in [1.54, 1.807) is 0 Å². The highest BCUT2D eigenvalue weighted by molar-refractivity contribution is 5.77. The molecule has 5 atom stereocenters. The summed E-state index contributed by atoms with van der Waals surface area (Å²) in [6.07, 6.45) is 1.91. The first kappa shape index (κ1) is 17.6. The molecule has 3 heterocycles. The van der Waals surface area contributed by atoms with Crippen LogP contribution in [0.25, 0.3) is 0 Å². The molecular formula is C17H26F2N2O4. The summed E-state index contributed by atoms with van der Waals surface area (Å²) >= 11 is 0. The van der Waals surface area contributed by atoms with Crippen molar-refractivity contribution in [2.45, 2.75) is 81.0 Å². The van der Waals surface area contributed by atoms with Crippen LogP contribution in [0.5, 0.6) is 0 Å². The van der Waals surface area contributed by atoms with Crippen molar-refractivity contribution in [1.29, 1.82) is 0 Å². The van der Waals surface area contributed by atoms with Crippen LogP contribution in [0, 0.1) is 0 Å². The quantitative estimate of drug-likeness (QED) is 0.754. The number of aliphatic hydroxyl groups is 1. The maximum absolute atomic E-state index is 13.2. The van der Waals surface area contributed by atoms with E-state index in [2.05, 4.69) is 5.32 Å². The lowest BCUT2D eigenvalue weighted by Gasteiger charge is -2.29. The van der Waals surface area contributed by atoms with Gasteiger partial charge in [-0.05, 0) is 12.8 Å². The minimum Gasteiger partial charge on any atom is -0.388 e. The molecule has 0 spiro atoms. The van der Waals surface area contributed by atoms with Gasteiger partial charge < -0.3 is 24.8 Å². The molecule has 3 aliphatic heterocycles. The Balaban J connectivity index is 1.23. The standard InChI is InChI=1S/C17H26F2N2O4/c18-17(19)4-5-21(9-17)14(22)7-11-6-12-16(24-11)15(23)13(25-12)8-20-10-2-1-3-10/h10-13,15-16,20,23H,1-9H2/t11-,12+,13+,15+,16-/m0/s1. The van der Waals surface area contributed by atoms with E-state index < -0.39 is 24.7 Å². The molecule has 1 aliphatic carbocycles. The number of hydrogen-bond donors (Lipinski definition) is 2. The van der Waals surface area contributed by atoms with Crippen LogP contribution in [-0.4, -0.2) is 78.0 Å². The maximum atomic E-state index is 13.2. The van der Waals surface area contributed by atoms with Crippen molar-refractivity contribution in [3.63, 3.8) is 0 Å². The molecule has 4 rings (SSSR count). The zero-order valence-corrected chi connectivity index (χ0v) is 14.2. The molecule has 4 fully saturated rings. The van der Waals surface area contributed by atoms with Crippen LogP contribution in [0.2, 0.25) is 0 Å². The van der Waals surface area contributed by atoms with E-state index in [0.29, 0.717) is 19.0 Å². The summed E-state index contributed by atoms with van der Waals surface area (Å²) in [7, 11) is 0. The summed E-state index contributed by atoms with van der Waals surface area (Å²) in [6, 6.07) is 0.529. The number of amides is 1. The van der Waals surface area contributed by atoms with E-state index in [1.807, 2.05) is 0 Å². The lowest BCUT2D eigenvalue weighted by atomic mass is 9.93. The predicted octanol–water partition coefficient (Wildman–Crippen LogP) is 0.672. The highest BCUT2D eigenvalue weighted by atomic mass is 19.3. The second-order valence-corrected chi connectivity index (χ2v) is 7.82. The first-order valence-electron chi connectivity index (χ1n) is 9.29. The van der Waals surface area contributed by atoms with Gasteiger partial charge in [0.2, 0.25) is 5.91 Å². The van der Waals surface area contributed by atoms with Crippen LogP contribution in [-0.2, 0) is 14.3 Å². The summed E-state index contributed by atoms with van der Waals surface area (Å²) in [5.41, 5.74) is 0. The lowest BCUT2D eigenvalue weighted by Crippen LogP contribution is -2.44. The molecule has 0 aromatic carbocycles. The number of rotatable bonds is 5. The Kier molecular flexibility index (Phi) is 4.72. The number of aliphatic hydroxyl groups excluding tert-OH is 1. The molecule has 8 heteroatoms. The highest BCUT2D eigenvalue weighted by Crippen LogP contribution is 2.36. The normalized spacial score (nSPS) is 40.3. The molecule has 2 N–H and O–H groups in total. The van der Waals surface area contributed by atoms with E-state index in [4.69, 9.17) is 9.47 Å². The summed E-state index contributed by atoms with van der Waals surface area (Å²) in [4.78, 5) is 13.4. The second-order valence-electron chi connectivity index (χ2n) is 7.82. The molecule has 1 amide bonds. The van der Waals surface area contributed by atoms with Crippen LogP contribution in [0.1, 0.15) is 38.5 Å². The van der Waals surface area contributed by atoms with E-state index in [-0.39, 0.29) is 43.6 Å². The number of likely N-dealkylation sites (tertiary alicyclic amines) is 1. The van der Waals surface area contributed by atoms with Crippen molar-refractivity contribution >= 4 is 5.91 Å². The Morgan fingerprint density at radius 2 is 2.12 bits per heavy atom. The van der Waals surface area contributed by atoms with Gasteiger partial charge in [-0.1, -0.05) is 6.42 Å². The van der Waals surface area contributed by atoms with Crippen LogP contribution >= 0.6 is 0 Å². The van der Waals surface area contributed by atoms with E-state index in [1.165, 1.54) is 24.2 Å². The summed E-state index contributed by atoms with van der Waals surface area (Å²) in [5.74, 6) is -3.08. The van der Waals surface area contributed by atoms with Gasteiger partial charge in [0.25, 0.3) is 5.92 Å². The molecule has 4 aliphatic rings. The molecule has 1 saturated carbocycles. The van der Waals surface area contributed by atoms with Gasteiger partial charge in [-0.3, -0.25) is 4.79 Å². The largest absolute Gasteiger partial charge is 0.388 e. The minimum absolute atomic E-state index is 0.0736. The molecule has 0 unspecified atom stereocenters. The van der Waals surface area contributed by atoms with Crippen molar-refractivity contribution < 1.29 is 28.2 Å². The van der Waals surface area contributed by atoms with Gasteiger partial charge in [0.1, 0.15) is 12.2 Å². The molecule has 0 bridgehead atoms. The third kappa shape index (κ3) is 3.67. The fourth-order valence-electron chi connectivity index (χ4n) is 4.18. The third-order valence-electron chi connectivity index (χ3n) is 5.92. The van der Waals surface area contributed by atoms with Gasteiger partial charge in [-0.25, -0.2) is 8.78 Å². The van der Waals surface area contributed by atoms with E-state index in [9.17, 15) is 18.7 Å². The zero-order chi connectivity index (χ0) is 17.6. The predicted molar refractivity (Wildman–Crippen MR) is 84.3 cm³/mol. The average Bonchev–Trinajstić information content (AvgIpc) is 3.13. The van der Waals surface area contributed by atoms with Crippen molar-refractivity contribution in [3.05, 3.63) is 0 Å². The van der Waals surface area contributed by atoms with E-state index in [0.717, 1.165) is 0 Å². The Morgan fingerprint density at radius 3 is 2.72 bits per heavy atom. The Labute approximate surface area is 145 Å². The molecule has 142 valence electrons. The number of alkyl halides is 2.